The molecule has 0 amide bonds. The van der Waals surface area contributed by atoms with E-state index in [1.807, 2.05) is 18.2 Å². The zero-order chi connectivity index (χ0) is 15.0. The van der Waals surface area contributed by atoms with Crippen LogP contribution in [0.25, 0.3) is 0 Å². The van der Waals surface area contributed by atoms with Gasteiger partial charge in [-0.2, -0.15) is 0 Å². The molecule has 0 bridgehead atoms. The second-order valence-corrected chi connectivity index (χ2v) is 8.19. The van der Waals surface area contributed by atoms with Crippen molar-refractivity contribution in [3.8, 4) is 5.75 Å². The molecule has 1 saturated carbocycles. The quantitative estimate of drug-likeness (QED) is 0.788. The van der Waals surface area contributed by atoms with Gasteiger partial charge in [0.05, 0.1) is 6.10 Å². The summed E-state index contributed by atoms with van der Waals surface area (Å²) in [4.78, 5) is 0. The topological polar surface area (TPSA) is 29.5 Å². The molecule has 0 aromatic heterocycles. The van der Waals surface area contributed by atoms with E-state index in [0.29, 0.717) is 0 Å². The van der Waals surface area contributed by atoms with Crippen LogP contribution in [0.5, 0.6) is 5.75 Å². The van der Waals surface area contributed by atoms with Gasteiger partial charge >= 0.3 is 0 Å². The lowest BCUT2D eigenvalue weighted by molar-refractivity contribution is -0.0538. The second kappa shape index (κ2) is 5.92. The molecule has 2 unspecified atom stereocenters. The highest BCUT2D eigenvalue weighted by atomic mass is 79.9. The lowest BCUT2D eigenvalue weighted by atomic mass is 9.71. The normalized spacial score (nSPS) is 32.0. The first-order chi connectivity index (χ1) is 9.97. The number of hydrogen-bond acceptors (Lipinski definition) is 2. The van der Waals surface area contributed by atoms with Crippen LogP contribution in [0, 0.1) is 11.8 Å². The van der Waals surface area contributed by atoms with Crippen molar-refractivity contribution in [2.45, 2.75) is 64.1 Å². The van der Waals surface area contributed by atoms with Gasteiger partial charge in [-0.1, -0.05) is 42.3 Å². The monoisotopic (exact) mass is 352 g/mol. The number of halogens is 1. The highest BCUT2D eigenvalue weighted by Crippen LogP contribution is 2.48. The van der Waals surface area contributed by atoms with Gasteiger partial charge in [-0.25, -0.2) is 0 Å². The van der Waals surface area contributed by atoms with E-state index in [0.717, 1.165) is 46.9 Å². The van der Waals surface area contributed by atoms with Crippen molar-refractivity contribution < 1.29 is 9.84 Å². The van der Waals surface area contributed by atoms with Crippen molar-refractivity contribution in [2.75, 3.05) is 0 Å². The van der Waals surface area contributed by atoms with Gasteiger partial charge in [0, 0.05) is 16.5 Å². The van der Waals surface area contributed by atoms with Crippen molar-refractivity contribution in [3.63, 3.8) is 0 Å². The summed E-state index contributed by atoms with van der Waals surface area (Å²) in [5.74, 6) is 2.34. The molecule has 2 aliphatic rings. The Labute approximate surface area is 136 Å². The van der Waals surface area contributed by atoms with Gasteiger partial charge < -0.3 is 9.84 Å². The van der Waals surface area contributed by atoms with Crippen molar-refractivity contribution in [2.24, 2.45) is 11.8 Å². The lowest BCUT2D eigenvalue weighted by Gasteiger charge is -2.46. The SMILES string of the molecule is CC(C)CC1CCCC2(C1)C[C@H](O)c1ccc(Br)cc1O2. The third-order valence-corrected chi connectivity index (χ3v) is 5.43. The molecule has 1 aliphatic carbocycles. The molecule has 1 aromatic rings. The zero-order valence-corrected chi connectivity index (χ0v) is 14.5. The molecule has 3 atom stereocenters. The molecule has 3 rings (SSSR count). The molecule has 2 nitrogen and oxygen atoms in total. The fourth-order valence-electron chi connectivity index (χ4n) is 4.20. The number of aliphatic hydroxyl groups excluding tert-OH is 1. The number of fused-ring (bicyclic) bond motifs is 1. The Bertz CT molecular complexity index is 514. The first kappa shape index (κ1) is 15.4. The molecule has 0 saturated heterocycles. The van der Waals surface area contributed by atoms with E-state index in [1.54, 1.807) is 0 Å². The molecule has 1 N–H and O–H groups in total. The number of rotatable bonds is 2. The second-order valence-electron chi connectivity index (χ2n) is 7.28. The van der Waals surface area contributed by atoms with E-state index in [9.17, 15) is 5.11 Å². The Morgan fingerprint density at radius 3 is 2.95 bits per heavy atom. The Hall–Kier alpha value is -0.540. The van der Waals surface area contributed by atoms with Crippen LogP contribution < -0.4 is 4.74 Å². The maximum Gasteiger partial charge on any atom is 0.127 e. The molecular weight excluding hydrogens is 328 g/mol. The minimum Gasteiger partial charge on any atom is -0.487 e. The summed E-state index contributed by atoms with van der Waals surface area (Å²) in [5, 5.41) is 10.5. The molecule has 1 aliphatic heterocycles. The van der Waals surface area contributed by atoms with Crippen LogP contribution in [-0.2, 0) is 0 Å². The summed E-state index contributed by atoms with van der Waals surface area (Å²) in [6, 6.07) is 5.96. The lowest BCUT2D eigenvalue weighted by Crippen LogP contribution is -2.45. The summed E-state index contributed by atoms with van der Waals surface area (Å²) >= 11 is 3.51. The smallest absolute Gasteiger partial charge is 0.127 e. The van der Waals surface area contributed by atoms with Gasteiger partial charge in [0.15, 0.2) is 0 Å². The predicted molar refractivity (Wildman–Crippen MR) is 88.5 cm³/mol. The maximum atomic E-state index is 10.5. The van der Waals surface area contributed by atoms with Crippen LogP contribution in [0.3, 0.4) is 0 Å². The number of benzene rings is 1. The largest absolute Gasteiger partial charge is 0.487 e. The minimum absolute atomic E-state index is 0.148. The summed E-state index contributed by atoms with van der Waals surface area (Å²) in [6.07, 6.45) is 6.32. The van der Waals surface area contributed by atoms with Crippen LogP contribution >= 0.6 is 15.9 Å². The molecule has 1 fully saturated rings. The summed E-state index contributed by atoms with van der Waals surface area (Å²) in [5.41, 5.74) is 0.792. The van der Waals surface area contributed by atoms with E-state index >= 15 is 0 Å². The summed E-state index contributed by atoms with van der Waals surface area (Å²) in [6.45, 7) is 4.59. The van der Waals surface area contributed by atoms with Gasteiger partial charge in [-0.05, 0) is 49.7 Å². The van der Waals surface area contributed by atoms with Crippen LogP contribution in [-0.4, -0.2) is 10.7 Å². The fraction of sp³-hybridized carbons (Fsp3) is 0.667. The van der Waals surface area contributed by atoms with Crippen LogP contribution in [0.2, 0.25) is 0 Å². The average molecular weight is 353 g/mol. The van der Waals surface area contributed by atoms with Gasteiger partial charge in [0.1, 0.15) is 11.4 Å². The maximum absolute atomic E-state index is 10.5. The van der Waals surface area contributed by atoms with Crippen molar-refractivity contribution in [3.05, 3.63) is 28.2 Å². The molecule has 0 radical (unpaired) electrons. The summed E-state index contributed by atoms with van der Waals surface area (Å²) in [7, 11) is 0. The molecule has 116 valence electrons. The van der Waals surface area contributed by atoms with E-state index in [2.05, 4.69) is 29.8 Å². The molecule has 21 heavy (non-hydrogen) atoms. The highest BCUT2D eigenvalue weighted by Gasteiger charge is 2.44. The Morgan fingerprint density at radius 1 is 1.38 bits per heavy atom. The predicted octanol–water partition coefficient (Wildman–Crippen LogP) is 5.24. The fourth-order valence-corrected chi connectivity index (χ4v) is 4.54. The molecule has 3 heteroatoms. The van der Waals surface area contributed by atoms with E-state index in [-0.39, 0.29) is 11.7 Å². The molecule has 1 aromatic carbocycles. The highest BCUT2D eigenvalue weighted by molar-refractivity contribution is 9.10. The van der Waals surface area contributed by atoms with E-state index in [1.165, 1.54) is 19.3 Å². The van der Waals surface area contributed by atoms with Gasteiger partial charge in [-0.15, -0.1) is 0 Å². The number of ether oxygens (including phenoxy) is 1. The van der Waals surface area contributed by atoms with E-state index in [4.69, 9.17) is 4.74 Å². The van der Waals surface area contributed by atoms with Crippen molar-refractivity contribution >= 4 is 15.9 Å². The minimum atomic E-state index is -0.389. The van der Waals surface area contributed by atoms with Crippen LogP contribution in [0.4, 0.5) is 0 Å². The van der Waals surface area contributed by atoms with Crippen molar-refractivity contribution in [1.29, 1.82) is 0 Å². The number of aliphatic hydroxyl groups is 1. The first-order valence-electron chi connectivity index (χ1n) is 8.14. The molecule has 1 heterocycles. The summed E-state index contributed by atoms with van der Waals surface area (Å²) < 4.78 is 7.45. The van der Waals surface area contributed by atoms with Gasteiger partial charge in [0.2, 0.25) is 0 Å². The average Bonchev–Trinajstić information content (AvgIpc) is 2.37. The third kappa shape index (κ3) is 3.29. The molecule has 1 spiro atoms. The first-order valence-corrected chi connectivity index (χ1v) is 8.93. The third-order valence-electron chi connectivity index (χ3n) is 4.94. The molecular formula is C18H25BrO2. The Morgan fingerprint density at radius 2 is 2.19 bits per heavy atom. The van der Waals surface area contributed by atoms with Crippen LogP contribution in [0.1, 0.15) is 64.0 Å². The standard InChI is InChI=1S/C18H25BrO2/c1-12(2)8-13-4-3-7-18(10-13)11-16(20)15-6-5-14(19)9-17(15)21-18/h5-6,9,12-13,16,20H,3-4,7-8,10-11H2,1-2H3/t13?,16-,18?/m0/s1. The Kier molecular flexibility index (Phi) is 4.33. The van der Waals surface area contributed by atoms with Crippen LogP contribution in [0.15, 0.2) is 22.7 Å². The van der Waals surface area contributed by atoms with E-state index < -0.39 is 0 Å². The van der Waals surface area contributed by atoms with Crippen molar-refractivity contribution in [1.82, 2.24) is 0 Å². The zero-order valence-electron chi connectivity index (χ0n) is 12.9. The number of hydrogen-bond donors (Lipinski definition) is 1. The van der Waals surface area contributed by atoms with Gasteiger partial charge in [0.25, 0.3) is 0 Å². The Balaban J connectivity index is 1.83. The van der Waals surface area contributed by atoms with Gasteiger partial charge in [-0.3, -0.25) is 0 Å².